The molecule has 81 heavy (non-hydrogen) atoms. The van der Waals surface area contributed by atoms with Gasteiger partial charge in [-0.2, -0.15) is 0 Å². The van der Waals surface area contributed by atoms with Crippen molar-refractivity contribution in [2.45, 2.75) is 297 Å². The van der Waals surface area contributed by atoms with Crippen molar-refractivity contribution in [2.75, 3.05) is 13.2 Å². The summed E-state index contributed by atoms with van der Waals surface area (Å²) in [7, 11) is 0. The lowest BCUT2D eigenvalue weighted by atomic mass is 10.0. The average Bonchev–Trinajstić information content (AvgIpc) is 3.47. The summed E-state index contributed by atoms with van der Waals surface area (Å²) in [5.74, 6) is -0.930. The first-order chi connectivity index (χ1) is 40.0. The van der Waals surface area contributed by atoms with Crippen LogP contribution in [0.15, 0.2) is 146 Å². The Morgan fingerprint density at radius 2 is 0.481 bits per heavy atom. The molecular formula is C75H122O6. The predicted octanol–water partition coefficient (Wildman–Crippen LogP) is 23.1. The van der Waals surface area contributed by atoms with Crippen molar-refractivity contribution in [1.82, 2.24) is 0 Å². The number of carbonyl (C=O) groups excluding carboxylic acids is 3. The van der Waals surface area contributed by atoms with Gasteiger partial charge in [-0.1, -0.05) is 295 Å². The molecule has 0 fully saturated rings. The van der Waals surface area contributed by atoms with Crippen LogP contribution in [0.4, 0.5) is 0 Å². The molecular weight excluding hydrogens is 997 g/mol. The molecule has 0 aromatic carbocycles. The summed E-state index contributed by atoms with van der Waals surface area (Å²) in [5, 5.41) is 0. The quantitative estimate of drug-likeness (QED) is 0.0261. The first-order valence-electron chi connectivity index (χ1n) is 33.3. The zero-order valence-corrected chi connectivity index (χ0v) is 52.5. The van der Waals surface area contributed by atoms with E-state index in [0.29, 0.717) is 19.3 Å². The van der Waals surface area contributed by atoms with E-state index < -0.39 is 6.10 Å². The van der Waals surface area contributed by atoms with Gasteiger partial charge in [0.1, 0.15) is 13.2 Å². The molecule has 0 aromatic rings. The highest BCUT2D eigenvalue weighted by Crippen LogP contribution is 2.16. The fourth-order valence-corrected chi connectivity index (χ4v) is 8.92. The fourth-order valence-electron chi connectivity index (χ4n) is 8.92. The Bertz CT molecular complexity index is 1760. The summed E-state index contributed by atoms with van der Waals surface area (Å²) in [5.41, 5.74) is 0. The molecule has 0 aliphatic rings. The van der Waals surface area contributed by atoms with Gasteiger partial charge in [0.2, 0.25) is 0 Å². The third-order valence-electron chi connectivity index (χ3n) is 13.8. The molecule has 458 valence electrons. The average molecular weight is 1120 g/mol. The zero-order chi connectivity index (χ0) is 58.5. The van der Waals surface area contributed by atoms with Crippen LogP contribution in [0.3, 0.4) is 0 Å². The van der Waals surface area contributed by atoms with Gasteiger partial charge in [-0.15, -0.1) is 0 Å². The van der Waals surface area contributed by atoms with E-state index >= 15 is 0 Å². The normalized spacial score (nSPS) is 13.1. The van der Waals surface area contributed by atoms with Crippen LogP contribution < -0.4 is 0 Å². The van der Waals surface area contributed by atoms with Crippen LogP contribution in [-0.2, 0) is 28.6 Å². The molecule has 0 radical (unpaired) electrons. The highest BCUT2D eigenvalue weighted by Gasteiger charge is 2.19. The molecule has 6 heteroatoms. The molecule has 0 aliphatic carbocycles. The number of allylic oxidation sites excluding steroid dienone is 24. The highest BCUT2D eigenvalue weighted by atomic mass is 16.6. The van der Waals surface area contributed by atoms with Crippen molar-refractivity contribution in [2.24, 2.45) is 0 Å². The van der Waals surface area contributed by atoms with Crippen LogP contribution in [0.2, 0.25) is 0 Å². The van der Waals surface area contributed by atoms with Gasteiger partial charge in [0, 0.05) is 19.3 Å². The Hall–Kier alpha value is -4.71. The van der Waals surface area contributed by atoms with Gasteiger partial charge in [-0.05, 0) is 122 Å². The summed E-state index contributed by atoms with van der Waals surface area (Å²) < 4.78 is 16.9. The summed E-state index contributed by atoms with van der Waals surface area (Å²) in [6.07, 6.45) is 97.1. The number of rotatable bonds is 59. The molecule has 6 nitrogen and oxygen atoms in total. The van der Waals surface area contributed by atoms with E-state index in [1.54, 1.807) is 0 Å². The molecule has 0 saturated heterocycles. The van der Waals surface area contributed by atoms with Crippen LogP contribution in [0, 0.1) is 0 Å². The monoisotopic (exact) mass is 1120 g/mol. The summed E-state index contributed by atoms with van der Waals surface area (Å²) in [6, 6.07) is 0. The molecule has 0 amide bonds. The number of hydrogen-bond acceptors (Lipinski definition) is 6. The third kappa shape index (κ3) is 66.0. The second kappa shape index (κ2) is 67.8. The minimum absolute atomic E-state index is 0.0948. The number of esters is 3. The maximum Gasteiger partial charge on any atom is 0.306 e. The van der Waals surface area contributed by atoms with Crippen molar-refractivity contribution in [3.63, 3.8) is 0 Å². The maximum atomic E-state index is 12.9. The zero-order valence-electron chi connectivity index (χ0n) is 52.5. The number of ether oxygens (including phenoxy) is 3. The number of hydrogen-bond donors (Lipinski definition) is 0. The van der Waals surface area contributed by atoms with Gasteiger partial charge in [0.25, 0.3) is 0 Å². The van der Waals surface area contributed by atoms with Gasteiger partial charge < -0.3 is 14.2 Å². The van der Waals surface area contributed by atoms with Crippen LogP contribution in [-0.4, -0.2) is 37.2 Å². The van der Waals surface area contributed by atoms with Crippen LogP contribution in [0.1, 0.15) is 290 Å². The van der Waals surface area contributed by atoms with Crippen molar-refractivity contribution < 1.29 is 28.6 Å². The van der Waals surface area contributed by atoms with Gasteiger partial charge in [0.05, 0.1) is 0 Å². The van der Waals surface area contributed by atoms with Crippen LogP contribution in [0.5, 0.6) is 0 Å². The first-order valence-corrected chi connectivity index (χ1v) is 33.3. The van der Waals surface area contributed by atoms with E-state index in [1.165, 1.54) is 89.9 Å². The summed E-state index contributed by atoms with van der Waals surface area (Å²) >= 11 is 0. The minimum Gasteiger partial charge on any atom is -0.462 e. The van der Waals surface area contributed by atoms with E-state index in [0.717, 1.165) is 161 Å². The van der Waals surface area contributed by atoms with Crippen molar-refractivity contribution in [3.8, 4) is 0 Å². The minimum atomic E-state index is -0.803. The first kappa shape index (κ1) is 76.3. The summed E-state index contributed by atoms with van der Waals surface area (Å²) in [6.45, 7) is 6.39. The van der Waals surface area contributed by atoms with Gasteiger partial charge in [-0.3, -0.25) is 14.4 Å². The number of unbranched alkanes of at least 4 members (excludes halogenated alkanes) is 24. The maximum absolute atomic E-state index is 12.9. The standard InChI is InChI=1S/C75H122O6/c1-4-7-10-13-16-19-22-25-28-30-31-32-33-34-35-36-37-38-39-40-41-42-43-45-47-50-53-56-59-62-65-68-74(77)80-71-72(70-79-73(76)67-64-61-58-55-52-49-46-27-24-21-18-15-12-9-6-3)81-75(78)69-66-63-60-57-54-51-48-44-29-26-23-20-17-14-11-8-5-2/h7-8,10-11,16-17,19-20,25-26,28-29,31-32,34-35,37-38,40-41,43,45,48,51,72H,4-6,9,12-15,18,21-24,27,30,33,36,39,42,44,46-47,49-50,52-71H2,1-3H3/b10-7-,11-8-,19-16-,20-17-,28-25-,29-26-,32-31-,35-34-,38-37-,41-40-,45-43-,51-48-. The Morgan fingerprint density at radius 1 is 0.259 bits per heavy atom. The predicted molar refractivity (Wildman–Crippen MR) is 352 cm³/mol. The molecule has 0 spiro atoms. The molecule has 0 aliphatic heterocycles. The van der Waals surface area contributed by atoms with Gasteiger partial charge in [-0.25, -0.2) is 0 Å². The largest absolute Gasteiger partial charge is 0.462 e. The lowest BCUT2D eigenvalue weighted by Gasteiger charge is -2.18. The Kier molecular flexibility index (Phi) is 63.9. The molecule has 1 atom stereocenters. The topological polar surface area (TPSA) is 78.9 Å². The van der Waals surface area contributed by atoms with E-state index in [4.69, 9.17) is 14.2 Å². The Labute approximate surface area is 499 Å². The van der Waals surface area contributed by atoms with Crippen LogP contribution >= 0.6 is 0 Å². The third-order valence-corrected chi connectivity index (χ3v) is 13.8. The second-order valence-corrected chi connectivity index (χ2v) is 21.6. The molecule has 0 heterocycles. The van der Waals surface area contributed by atoms with E-state index in [1.807, 2.05) is 0 Å². The SMILES string of the molecule is CC/C=C\C/C=C\C/C=C\C/C=C\C/C=C\C/C=C\C/C=C\C/C=C\CCCCCCCCC(=O)OCC(COC(=O)CCCCCCCCCCCCCCCCC)OC(=O)CCCCCC/C=C\C/C=C\C/C=C\C/C=C\CC. The molecule has 0 bridgehead atoms. The lowest BCUT2D eigenvalue weighted by Crippen LogP contribution is -2.30. The van der Waals surface area contributed by atoms with E-state index in [2.05, 4.69) is 167 Å². The molecule has 0 aromatic heterocycles. The van der Waals surface area contributed by atoms with Crippen LogP contribution in [0.25, 0.3) is 0 Å². The molecule has 0 rings (SSSR count). The molecule has 0 N–H and O–H groups in total. The highest BCUT2D eigenvalue weighted by molar-refractivity contribution is 5.71. The van der Waals surface area contributed by atoms with Gasteiger partial charge in [0.15, 0.2) is 6.10 Å². The van der Waals surface area contributed by atoms with Crippen molar-refractivity contribution in [1.29, 1.82) is 0 Å². The molecule has 0 saturated carbocycles. The lowest BCUT2D eigenvalue weighted by molar-refractivity contribution is -0.167. The second-order valence-electron chi connectivity index (χ2n) is 21.6. The van der Waals surface area contributed by atoms with E-state index in [9.17, 15) is 14.4 Å². The molecule has 1 unspecified atom stereocenters. The Balaban J connectivity index is 4.39. The fraction of sp³-hybridized carbons (Fsp3) is 0.640. The summed E-state index contributed by atoms with van der Waals surface area (Å²) in [4.78, 5) is 38.4. The van der Waals surface area contributed by atoms with Crippen molar-refractivity contribution >= 4 is 17.9 Å². The smallest absolute Gasteiger partial charge is 0.306 e. The van der Waals surface area contributed by atoms with Gasteiger partial charge >= 0.3 is 17.9 Å². The number of carbonyl (C=O) groups is 3. The Morgan fingerprint density at radius 3 is 0.753 bits per heavy atom. The van der Waals surface area contributed by atoms with E-state index in [-0.39, 0.29) is 31.1 Å². The van der Waals surface area contributed by atoms with Crippen molar-refractivity contribution in [3.05, 3.63) is 146 Å².